The minimum Gasteiger partial charge on any atom is -0.292 e. The summed E-state index contributed by atoms with van der Waals surface area (Å²) in [4.78, 5) is 4.99. The largest absolute Gasteiger partial charge is 0.292 e. The van der Waals surface area contributed by atoms with Crippen LogP contribution in [0.25, 0.3) is 48.3 Å². The van der Waals surface area contributed by atoms with Gasteiger partial charge in [-0.1, -0.05) is 42.5 Å². The Bertz CT molecular complexity index is 1510. The predicted molar refractivity (Wildman–Crippen MR) is 119 cm³/mol. The molecule has 29 heavy (non-hydrogen) atoms. The van der Waals surface area contributed by atoms with Crippen LogP contribution in [-0.4, -0.2) is 9.55 Å². The highest BCUT2D eigenvalue weighted by molar-refractivity contribution is 7.26. The minimum absolute atomic E-state index is 0.209. The molecule has 4 heteroatoms. The summed E-state index contributed by atoms with van der Waals surface area (Å²) in [6.07, 6.45) is 0. The van der Waals surface area contributed by atoms with Gasteiger partial charge in [0.2, 0.25) is 0 Å². The van der Waals surface area contributed by atoms with Crippen LogP contribution in [0.5, 0.6) is 0 Å². The van der Waals surface area contributed by atoms with Crippen molar-refractivity contribution in [1.29, 1.82) is 0 Å². The van der Waals surface area contributed by atoms with Gasteiger partial charge in [-0.25, -0.2) is 9.37 Å². The van der Waals surface area contributed by atoms with E-state index in [-0.39, 0.29) is 5.82 Å². The molecule has 0 aliphatic rings. The highest BCUT2D eigenvalue weighted by Crippen LogP contribution is 2.41. The van der Waals surface area contributed by atoms with Crippen LogP contribution in [0.3, 0.4) is 0 Å². The van der Waals surface area contributed by atoms with E-state index < -0.39 is 0 Å². The van der Waals surface area contributed by atoms with E-state index >= 15 is 0 Å². The molecule has 6 aromatic rings. The highest BCUT2D eigenvalue weighted by atomic mass is 32.1. The summed E-state index contributed by atoms with van der Waals surface area (Å²) < 4.78 is 18.3. The van der Waals surface area contributed by atoms with Crippen molar-refractivity contribution in [2.75, 3.05) is 0 Å². The average Bonchev–Trinajstić information content (AvgIpc) is 3.32. The number of thiophene rings is 1. The van der Waals surface area contributed by atoms with E-state index in [0.29, 0.717) is 0 Å². The highest BCUT2D eigenvalue weighted by Gasteiger charge is 2.18. The lowest BCUT2D eigenvalue weighted by Crippen LogP contribution is -1.97. The monoisotopic (exact) mass is 394 g/mol. The number of aromatic nitrogens is 2. The molecule has 2 aromatic heterocycles. The Labute approximate surface area is 170 Å². The summed E-state index contributed by atoms with van der Waals surface area (Å²) in [5, 5.41) is 2.02. The Morgan fingerprint density at radius 3 is 2.48 bits per heavy atom. The van der Waals surface area contributed by atoms with Gasteiger partial charge in [-0.05, 0) is 48.5 Å². The van der Waals surface area contributed by atoms with Crippen LogP contribution in [0.15, 0.2) is 91.0 Å². The van der Waals surface area contributed by atoms with Crippen molar-refractivity contribution in [2.45, 2.75) is 0 Å². The summed E-state index contributed by atoms with van der Waals surface area (Å²) in [5.41, 5.74) is 4.15. The van der Waals surface area contributed by atoms with Crippen molar-refractivity contribution in [2.24, 2.45) is 0 Å². The van der Waals surface area contributed by atoms with Crippen LogP contribution >= 0.6 is 11.3 Å². The molecular weight excluding hydrogens is 379 g/mol. The summed E-state index contributed by atoms with van der Waals surface area (Å²) in [7, 11) is 0. The fourth-order valence-electron chi connectivity index (χ4n) is 3.99. The predicted octanol–water partition coefficient (Wildman–Crippen LogP) is 7.20. The van der Waals surface area contributed by atoms with Gasteiger partial charge in [0, 0.05) is 31.4 Å². The number of hydrogen-bond donors (Lipinski definition) is 0. The summed E-state index contributed by atoms with van der Waals surface area (Å²) in [6.45, 7) is 0. The van der Waals surface area contributed by atoms with Gasteiger partial charge in [0.25, 0.3) is 0 Å². The lowest BCUT2D eigenvalue weighted by Gasteiger charge is -2.10. The summed E-state index contributed by atoms with van der Waals surface area (Å²) in [5.74, 6) is 0.689. The van der Waals surface area contributed by atoms with Crippen molar-refractivity contribution in [3.63, 3.8) is 0 Å². The average molecular weight is 394 g/mol. The topological polar surface area (TPSA) is 17.8 Å². The van der Waals surface area contributed by atoms with Gasteiger partial charge in [0.05, 0.1) is 11.0 Å². The fraction of sp³-hybridized carbons (Fsp3) is 0. The maximum atomic E-state index is 13.9. The number of halogens is 1. The first-order valence-corrected chi connectivity index (χ1v) is 10.3. The zero-order valence-electron chi connectivity index (χ0n) is 15.3. The van der Waals surface area contributed by atoms with Crippen molar-refractivity contribution in [1.82, 2.24) is 9.55 Å². The molecule has 2 nitrogen and oxygen atoms in total. The lowest BCUT2D eigenvalue weighted by atomic mass is 10.1. The van der Waals surface area contributed by atoms with Crippen molar-refractivity contribution < 1.29 is 4.39 Å². The zero-order valence-corrected chi connectivity index (χ0v) is 16.2. The Hall–Kier alpha value is -3.50. The standard InChI is InChI=1S/C25H15FN2S/c26-16-13-14-23-20(15-16)18-9-6-10-19(24(18)29-23)25-27-21-11-4-5-12-22(21)28(25)17-7-2-1-3-8-17/h1-15H. The van der Waals surface area contributed by atoms with Gasteiger partial charge in [-0.3, -0.25) is 4.57 Å². The smallest absolute Gasteiger partial charge is 0.147 e. The van der Waals surface area contributed by atoms with Crippen molar-refractivity contribution in [3.8, 4) is 17.1 Å². The van der Waals surface area contributed by atoms with E-state index in [9.17, 15) is 4.39 Å². The molecule has 2 heterocycles. The molecule has 0 spiro atoms. The molecule has 6 rings (SSSR count). The Morgan fingerprint density at radius 2 is 1.59 bits per heavy atom. The van der Waals surface area contributed by atoms with Gasteiger partial charge >= 0.3 is 0 Å². The van der Waals surface area contributed by atoms with Gasteiger partial charge in [0.1, 0.15) is 11.6 Å². The Morgan fingerprint density at radius 1 is 0.759 bits per heavy atom. The van der Waals surface area contributed by atoms with Crippen molar-refractivity contribution >= 4 is 42.5 Å². The first-order valence-electron chi connectivity index (χ1n) is 9.44. The van der Waals surface area contributed by atoms with Gasteiger partial charge in [-0.2, -0.15) is 0 Å². The quantitative estimate of drug-likeness (QED) is 0.304. The number of hydrogen-bond acceptors (Lipinski definition) is 2. The van der Waals surface area contributed by atoms with Gasteiger partial charge < -0.3 is 0 Å². The molecule has 0 N–H and O–H groups in total. The third-order valence-corrected chi connectivity index (χ3v) is 6.49. The van der Waals surface area contributed by atoms with Crippen LogP contribution in [0.1, 0.15) is 0 Å². The van der Waals surface area contributed by atoms with E-state index in [2.05, 4.69) is 34.9 Å². The number of fused-ring (bicyclic) bond motifs is 4. The second kappa shape index (κ2) is 6.26. The first kappa shape index (κ1) is 16.5. The second-order valence-corrected chi connectivity index (χ2v) is 8.07. The Balaban J connectivity index is 1.73. The molecule has 0 bridgehead atoms. The Kier molecular flexibility index (Phi) is 3.55. The maximum absolute atomic E-state index is 13.9. The summed E-state index contributed by atoms with van der Waals surface area (Å²) in [6, 6.07) is 29.7. The van der Waals surface area contributed by atoms with Crippen LogP contribution < -0.4 is 0 Å². The molecule has 0 saturated carbocycles. The molecule has 0 saturated heterocycles. The maximum Gasteiger partial charge on any atom is 0.147 e. The molecule has 138 valence electrons. The zero-order chi connectivity index (χ0) is 19.4. The lowest BCUT2D eigenvalue weighted by molar-refractivity contribution is 0.630. The third-order valence-electron chi connectivity index (χ3n) is 5.27. The van der Waals surface area contributed by atoms with Crippen LogP contribution in [0.4, 0.5) is 4.39 Å². The van der Waals surface area contributed by atoms with E-state index in [4.69, 9.17) is 4.98 Å². The van der Waals surface area contributed by atoms with E-state index in [1.165, 1.54) is 6.07 Å². The normalized spacial score (nSPS) is 11.6. The van der Waals surface area contributed by atoms with Gasteiger partial charge in [0.15, 0.2) is 0 Å². The fourth-order valence-corrected chi connectivity index (χ4v) is 5.18. The van der Waals surface area contributed by atoms with Crippen LogP contribution in [0.2, 0.25) is 0 Å². The SMILES string of the molecule is Fc1ccc2sc3c(-c4nc5ccccc5n4-c4ccccc4)cccc3c2c1. The summed E-state index contributed by atoms with van der Waals surface area (Å²) >= 11 is 1.69. The van der Waals surface area contributed by atoms with E-state index in [1.807, 2.05) is 48.5 Å². The number of benzene rings is 4. The number of para-hydroxylation sites is 3. The molecule has 0 amide bonds. The van der Waals surface area contributed by atoms with E-state index in [0.717, 1.165) is 48.3 Å². The van der Waals surface area contributed by atoms with Crippen LogP contribution in [0, 0.1) is 5.82 Å². The van der Waals surface area contributed by atoms with Gasteiger partial charge in [-0.15, -0.1) is 11.3 Å². The third kappa shape index (κ3) is 2.50. The molecule has 4 aromatic carbocycles. The van der Waals surface area contributed by atoms with Crippen LogP contribution in [-0.2, 0) is 0 Å². The molecule has 0 fully saturated rings. The molecule has 0 aliphatic heterocycles. The molecule has 0 aliphatic carbocycles. The molecular formula is C25H15FN2S. The number of nitrogens with zero attached hydrogens (tertiary/aromatic N) is 2. The number of rotatable bonds is 2. The molecule has 0 atom stereocenters. The minimum atomic E-state index is -0.209. The molecule has 0 radical (unpaired) electrons. The van der Waals surface area contributed by atoms with Crippen molar-refractivity contribution in [3.05, 3.63) is 96.8 Å². The molecule has 0 unspecified atom stereocenters. The number of imidazole rings is 1. The van der Waals surface area contributed by atoms with E-state index in [1.54, 1.807) is 17.4 Å². The second-order valence-electron chi connectivity index (χ2n) is 7.02. The first-order chi connectivity index (χ1) is 14.3.